The van der Waals surface area contributed by atoms with Crippen LogP contribution < -0.4 is 10.1 Å². The first kappa shape index (κ1) is 11.2. The molecule has 1 unspecified atom stereocenters. The zero-order valence-electron chi connectivity index (χ0n) is 9.38. The van der Waals surface area contributed by atoms with Gasteiger partial charge in [0.2, 0.25) is 0 Å². The van der Waals surface area contributed by atoms with E-state index < -0.39 is 6.09 Å². The fourth-order valence-corrected chi connectivity index (χ4v) is 1.38. The number of para-hydroxylation sites is 1. The van der Waals surface area contributed by atoms with Crippen LogP contribution in [0.25, 0.3) is 0 Å². The minimum absolute atomic E-state index is 0.148. The van der Waals surface area contributed by atoms with Crippen LogP contribution in [0.2, 0.25) is 0 Å². The molecule has 0 fully saturated rings. The molecule has 1 heterocycles. The van der Waals surface area contributed by atoms with Gasteiger partial charge in [-0.05, 0) is 19.1 Å². The van der Waals surface area contributed by atoms with Crippen molar-refractivity contribution in [2.75, 3.05) is 0 Å². The highest BCUT2D eigenvalue weighted by molar-refractivity contribution is 5.70. The second-order valence-electron chi connectivity index (χ2n) is 3.60. The third-order valence-electron chi connectivity index (χ3n) is 2.31. The van der Waals surface area contributed by atoms with E-state index in [1.165, 1.54) is 0 Å². The van der Waals surface area contributed by atoms with E-state index in [2.05, 4.69) is 15.5 Å². The van der Waals surface area contributed by atoms with Crippen molar-refractivity contribution in [3.05, 3.63) is 48.3 Å². The number of aromatic nitrogens is 2. The number of nitrogens with zero attached hydrogens (tertiary/aromatic N) is 1. The van der Waals surface area contributed by atoms with Gasteiger partial charge in [0.25, 0.3) is 0 Å². The van der Waals surface area contributed by atoms with Crippen LogP contribution in [-0.4, -0.2) is 16.3 Å². The number of rotatable bonds is 3. The normalized spacial score (nSPS) is 11.8. The second-order valence-corrected chi connectivity index (χ2v) is 3.60. The van der Waals surface area contributed by atoms with E-state index in [0.717, 1.165) is 5.56 Å². The Morgan fingerprint density at radius 3 is 2.82 bits per heavy atom. The maximum Gasteiger partial charge on any atom is 0.413 e. The number of amides is 1. The first-order valence-electron chi connectivity index (χ1n) is 5.28. The summed E-state index contributed by atoms with van der Waals surface area (Å²) in [6, 6.07) is 8.78. The minimum atomic E-state index is -0.482. The molecule has 1 aromatic heterocycles. The van der Waals surface area contributed by atoms with Crippen molar-refractivity contribution in [2.45, 2.75) is 13.0 Å². The summed E-state index contributed by atoms with van der Waals surface area (Å²) >= 11 is 0. The van der Waals surface area contributed by atoms with Crippen LogP contribution in [0.4, 0.5) is 4.79 Å². The zero-order valence-corrected chi connectivity index (χ0v) is 9.38. The molecule has 0 bridgehead atoms. The zero-order chi connectivity index (χ0) is 12.1. The predicted molar refractivity (Wildman–Crippen MR) is 62.6 cm³/mol. The summed E-state index contributed by atoms with van der Waals surface area (Å²) in [4.78, 5) is 11.6. The van der Waals surface area contributed by atoms with Gasteiger partial charge in [0, 0.05) is 11.8 Å². The summed E-state index contributed by atoms with van der Waals surface area (Å²) < 4.78 is 5.10. The summed E-state index contributed by atoms with van der Waals surface area (Å²) in [5, 5.41) is 9.22. The lowest BCUT2D eigenvalue weighted by atomic mass is 10.2. The van der Waals surface area contributed by atoms with Crippen molar-refractivity contribution < 1.29 is 9.53 Å². The first-order valence-corrected chi connectivity index (χ1v) is 5.28. The van der Waals surface area contributed by atoms with Crippen LogP contribution in [0.3, 0.4) is 0 Å². The molecule has 0 radical (unpaired) electrons. The molecule has 1 atom stereocenters. The van der Waals surface area contributed by atoms with Crippen LogP contribution in [-0.2, 0) is 0 Å². The molecule has 1 aromatic carbocycles. The molecule has 2 rings (SSSR count). The van der Waals surface area contributed by atoms with E-state index in [4.69, 9.17) is 4.74 Å². The average molecular weight is 231 g/mol. The molecule has 0 aliphatic carbocycles. The number of benzene rings is 1. The van der Waals surface area contributed by atoms with E-state index in [-0.39, 0.29) is 6.04 Å². The molecular weight excluding hydrogens is 218 g/mol. The first-order chi connectivity index (χ1) is 8.25. The Morgan fingerprint density at radius 1 is 1.41 bits per heavy atom. The number of hydrogen-bond donors (Lipinski definition) is 2. The highest BCUT2D eigenvalue weighted by Crippen LogP contribution is 2.11. The number of carbonyl (C=O) groups excluding carboxylic acids is 1. The molecule has 0 aliphatic rings. The van der Waals surface area contributed by atoms with Gasteiger partial charge in [-0.15, -0.1) is 0 Å². The largest absolute Gasteiger partial charge is 0.413 e. The molecule has 5 nitrogen and oxygen atoms in total. The van der Waals surface area contributed by atoms with Crippen molar-refractivity contribution in [1.82, 2.24) is 15.5 Å². The maximum atomic E-state index is 11.6. The molecule has 0 saturated heterocycles. The molecule has 88 valence electrons. The number of aromatic amines is 1. The minimum Gasteiger partial charge on any atom is -0.410 e. The van der Waals surface area contributed by atoms with Gasteiger partial charge >= 0.3 is 6.09 Å². The Hall–Kier alpha value is -2.30. The number of carbonyl (C=O) groups is 1. The molecule has 1 amide bonds. The van der Waals surface area contributed by atoms with Crippen LogP contribution in [0, 0.1) is 0 Å². The highest BCUT2D eigenvalue weighted by Gasteiger charge is 2.11. The summed E-state index contributed by atoms with van der Waals surface area (Å²) in [5.41, 5.74) is 0.898. The number of nitrogens with one attached hydrogen (secondary N) is 2. The Labute approximate surface area is 98.8 Å². The number of ether oxygens (including phenoxy) is 1. The van der Waals surface area contributed by atoms with Crippen molar-refractivity contribution in [3.63, 3.8) is 0 Å². The van der Waals surface area contributed by atoms with Crippen LogP contribution in [0.15, 0.2) is 42.7 Å². The van der Waals surface area contributed by atoms with Gasteiger partial charge in [-0.3, -0.25) is 5.10 Å². The Kier molecular flexibility index (Phi) is 3.40. The molecular formula is C12H13N3O2. The van der Waals surface area contributed by atoms with Gasteiger partial charge in [-0.2, -0.15) is 5.10 Å². The Bertz CT molecular complexity index is 468. The maximum absolute atomic E-state index is 11.6. The lowest BCUT2D eigenvalue weighted by molar-refractivity contribution is 0.197. The SMILES string of the molecule is CC(NC(=O)Oc1ccccc1)c1cn[nH]c1. The topological polar surface area (TPSA) is 67.0 Å². The molecule has 0 spiro atoms. The third kappa shape index (κ3) is 3.07. The molecule has 2 aromatic rings. The van der Waals surface area contributed by atoms with Crippen LogP contribution in [0.1, 0.15) is 18.5 Å². The van der Waals surface area contributed by atoms with Crippen LogP contribution in [0.5, 0.6) is 5.75 Å². The third-order valence-corrected chi connectivity index (χ3v) is 2.31. The van der Waals surface area contributed by atoms with Crippen molar-refractivity contribution in [2.24, 2.45) is 0 Å². The summed E-state index contributed by atoms with van der Waals surface area (Å²) in [6.45, 7) is 1.86. The van der Waals surface area contributed by atoms with Gasteiger partial charge in [0.1, 0.15) is 5.75 Å². The average Bonchev–Trinajstić information content (AvgIpc) is 2.83. The summed E-state index contributed by atoms with van der Waals surface area (Å²) in [5.74, 6) is 0.518. The second kappa shape index (κ2) is 5.16. The predicted octanol–water partition coefficient (Wildman–Crippen LogP) is 2.26. The Balaban J connectivity index is 1.90. The molecule has 5 heteroatoms. The monoisotopic (exact) mass is 231 g/mol. The lowest BCUT2D eigenvalue weighted by Crippen LogP contribution is -2.29. The quantitative estimate of drug-likeness (QED) is 0.851. The van der Waals surface area contributed by atoms with E-state index >= 15 is 0 Å². The summed E-state index contributed by atoms with van der Waals surface area (Å²) in [6.07, 6.45) is 2.91. The molecule has 2 N–H and O–H groups in total. The van der Waals surface area contributed by atoms with E-state index in [1.54, 1.807) is 24.5 Å². The highest BCUT2D eigenvalue weighted by atomic mass is 16.6. The van der Waals surface area contributed by atoms with Crippen molar-refractivity contribution in [1.29, 1.82) is 0 Å². The fourth-order valence-electron chi connectivity index (χ4n) is 1.38. The smallest absolute Gasteiger partial charge is 0.410 e. The number of hydrogen-bond acceptors (Lipinski definition) is 3. The van der Waals surface area contributed by atoms with Gasteiger partial charge in [-0.1, -0.05) is 18.2 Å². The van der Waals surface area contributed by atoms with Gasteiger partial charge in [0.05, 0.1) is 12.2 Å². The fraction of sp³-hybridized carbons (Fsp3) is 0.167. The van der Waals surface area contributed by atoms with Crippen LogP contribution >= 0.6 is 0 Å². The van der Waals surface area contributed by atoms with Gasteiger partial charge < -0.3 is 10.1 Å². The molecule has 17 heavy (non-hydrogen) atoms. The summed E-state index contributed by atoms with van der Waals surface area (Å²) in [7, 11) is 0. The van der Waals surface area contributed by atoms with E-state index in [9.17, 15) is 4.79 Å². The lowest BCUT2D eigenvalue weighted by Gasteiger charge is -2.11. The number of H-pyrrole nitrogens is 1. The van der Waals surface area contributed by atoms with Gasteiger partial charge in [-0.25, -0.2) is 4.79 Å². The Morgan fingerprint density at radius 2 is 2.18 bits per heavy atom. The van der Waals surface area contributed by atoms with E-state index in [0.29, 0.717) is 5.75 Å². The van der Waals surface area contributed by atoms with Gasteiger partial charge in [0.15, 0.2) is 0 Å². The van der Waals surface area contributed by atoms with E-state index in [1.807, 2.05) is 25.1 Å². The molecule has 0 aliphatic heterocycles. The van der Waals surface area contributed by atoms with Crippen molar-refractivity contribution >= 4 is 6.09 Å². The van der Waals surface area contributed by atoms with Crippen molar-refractivity contribution in [3.8, 4) is 5.75 Å². The molecule has 0 saturated carbocycles. The standard InChI is InChI=1S/C12H13N3O2/c1-9(10-7-13-14-8-10)15-12(16)17-11-5-3-2-4-6-11/h2-9H,1H3,(H,13,14)(H,15,16).